The summed E-state index contributed by atoms with van der Waals surface area (Å²) in [6.45, 7) is 12.7. The van der Waals surface area contributed by atoms with Crippen LogP contribution in [0.2, 0.25) is 0 Å². The van der Waals surface area contributed by atoms with Crippen LogP contribution < -0.4 is 15.8 Å². The summed E-state index contributed by atoms with van der Waals surface area (Å²) >= 11 is 1.74. The molecule has 7 heteroatoms. The van der Waals surface area contributed by atoms with Crippen LogP contribution in [0.1, 0.15) is 59.4 Å². The quantitative estimate of drug-likeness (QED) is 0.577. The molecule has 1 aliphatic heterocycles. The molecule has 1 saturated heterocycles. The van der Waals surface area contributed by atoms with E-state index < -0.39 is 0 Å². The second kappa shape index (κ2) is 11.1. The number of hydrogen-bond donors (Lipinski definition) is 2. The summed E-state index contributed by atoms with van der Waals surface area (Å²) in [5.41, 5.74) is 4.92. The molecular weight excluding hydrogens is 422 g/mol. The molecule has 1 amide bonds. The lowest BCUT2D eigenvalue weighted by molar-refractivity contribution is 0.0845. The van der Waals surface area contributed by atoms with E-state index in [1.165, 1.54) is 0 Å². The zero-order chi connectivity index (χ0) is 23.3. The Labute approximate surface area is 195 Å². The van der Waals surface area contributed by atoms with Gasteiger partial charge in [-0.3, -0.25) is 9.59 Å². The molecule has 0 aliphatic carbocycles. The van der Waals surface area contributed by atoms with Gasteiger partial charge in [-0.2, -0.15) is 0 Å². The molecule has 0 bridgehead atoms. The van der Waals surface area contributed by atoms with Gasteiger partial charge in [-0.1, -0.05) is 6.92 Å². The van der Waals surface area contributed by atoms with Gasteiger partial charge in [0.25, 0.3) is 11.5 Å². The Bertz CT molecular complexity index is 1010. The number of carbonyl (C=O) groups excluding carboxylic acids is 1. The smallest absolute Gasteiger partial charge is 0.253 e. The molecule has 0 saturated carbocycles. The Morgan fingerprint density at radius 3 is 2.53 bits per heavy atom. The number of ether oxygens (including phenoxy) is 1. The van der Waals surface area contributed by atoms with Crippen LogP contribution in [0.25, 0.3) is 0 Å². The molecule has 6 nitrogen and oxygen atoms in total. The number of anilines is 1. The number of thioether (sulfide) groups is 1. The molecule has 1 aliphatic rings. The van der Waals surface area contributed by atoms with E-state index in [9.17, 15) is 9.59 Å². The Morgan fingerprint density at radius 2 is 1.91 bits per heavy atom. The van der Waals surface area contributed by atoms with E-state index in [1.807, 2.05) is 32.9 Å². The average Bonchev–Trinajstić information content (AvgIpc) is 2.76. The number of pyridine rings is 1. The highest BCUT2D eigenvalue weighted by atomic mass is 32.2. The molecule has 2 N–H and O–H groups in total. The number of benzene rings is 1. The van der Waals surface area contributed by atoms with Crippen LogP contribution in [0.15, 0.2) is 27.9 Å². The summed E-state index contributed by atoms with van der Waals surface area (Å²) in [6, 6.07) is 6.54. The summed E-state index contributed by atoms with van der Waals surface area (Å²) in [4.78, 5) is 31.9. The number of aromatic amines is 1. The number of aryl methyl sites for hydroxylation is 2. The Hall–Kier alpha value is -2.25. The highest BCUT2D eigenvalue weighted by molar-refractivity contribution is 7.99. The first-order chi connectivity index (χ1) is 15.3. The molecule has 1 aromatic heterocycles. The first-order valence-corrected chi connectivity index (χ1v) is 12.4. The lowest BCUT2D eigenvalue weighted by atomic mass is 10.0. The van der Waals surface area contributed by atoms with Gasteiger partial charge in [0.1, 0.15) is 0 Å². The first kappa shape index (κ1) is 24.4. The molecule has 32 heavy (non-hydrogen) atoms. The van der Waals surface area contributed by atoms with Crippen molar-refractivity contribution in [2.24, 2.45) is 0 Å². The standard InChI is InChI=1S/C25H35N3O3S/c1-6-28(19-8-10-31-11-9-19)23-14-20(32-7-2)13-21(18(23)5)24(29)26-15-22-16(3)12-17(4)27-25(22)30/h12-14,19H,6-11,15H2,1-5H3,(H,26,29)(H,27,30). The molecule has 3 rings (SSSR count). The number of hydrogen-bond acceptors (Lipinski definition) is 5. The lowest BCUT2D eigenvalue weighted by Crippen LogP contribution is -2.40. The largest absolute Gasteiger partial charge is 0.381 e. The molecule has 1 aromatic carbocycles. The van der Waals surface area contributed by atoms with Crippen molar-refractivity contribution >= 4 is 23.4 Å². The zero-order valence-corrected chi connectivity index (χ0v) is 20.7. The average molecular weight is 458 g/mol. The van der Waals surface area contributed by atoms with Gasteiger partial charge in [0, 0.05) is 59.7 Å². The molecule has 0 atom stereocenters. The normalized spacial score (nSPS) is 14.4. The topological polar surface area (TPSA) is 74.4 Å². The van der Waals surface area contributed by atoms with Crippen LogP contribution in [-0.4, -0.2) is 42.4 Å². The van der Waals surface area contributed by atoms with E-state index in [4.69, 9.17) is 4.74 Å². The van der Waals surface area contributed by atoms with Crippen LogP contribution in [0.5, 0.6) is 0 Å². The van der Waals surface area contributed by atoms with E-state index in [1.54, 1.807) is 11.8 Å². The number of nitrogens with zero attached hydrogens (tertiary/aromatic N) is 1. The van der Waals surface area contributed by atoms with Gasteiger partial charge in [0.2, 0.25) is 0 Å². The monoisotopic (exact) mass is 457 g/mol. The van der Waals surface area contributed by atoms with Gasteiger partial charge in [0.15, 0.2) is 0 Å². The molecule has 2 aromatic rings. The van der Waals surface area contributed by atoms with Crippen molar-refractivity contribution in [2.75, 3.05) is 30.4 Å². The second-order valence-corrected chi connectivity index (χ2v) is 9.64. The maximum atomic E-state index is 13.3. The fraction of sp³-hybridized carbons (Fsp3) is 0.520. The number of carbonyl (C=O) groups is 1. The van der Waals surface area contributed by atoms with Crippen LogP contribution >= 0.6 is 11.8 Å². The number of H-pyrrole nitrogens is 1. The molecule has 174 valence electrons. The van der Waals surface area contributed by atoms with Crippen LogP contribution in [0.3, 0.4) is 0 Å². The van der Waals surface area contributed by atoms with Crippen molar-refractivity contribution in [2.45, 2.75) is 64.9 Å². The van der Waals surface area contributed by atoms with Crippen LogP contribution in [0, 0.1) is 20.8 Å². The van der Waals surface area contributed by atoms with E-state index in [0.717, 1.165) is 65.8 Å². The van der Waals surface area contributed by atoms with Gasteiger partial charge in [0.05, 0.1) is 0 Å². The van der Waals surface area contributed by atoms with Crippen LogP contribution in [-0.2, 0) is 11.3 Å². The van der Waals surface area contributed by atoms with E-state index in [0.29, 0.717) is 17.2 Å². The van der Waals surface area contributed by atoms with E-state index in [2.05, 4.69) is 35.1 Å². The fourth-order valence-corrected chi connectivity index (χ4v) is 5.17. The van der Waals surface area contributed by atoms with Crippen molar-refractivity contribution in [3.63, 3.8) is 0 Å². The van der Waals surface area contributed by atoms with E-state index >= 15 is 0 Å². The van der Waals surface area contributed by atoms with Crippen molar-refractivity contribution in [3.05, 3.63) is 56.5 Å². The fourth-order valence-electron chi connectivity index (χ4n) is 4.44. The van der Waals surface area contributed by atoms with E-state index in [-0.39, 0.29) is 18.0 Å². The second-order valence-electron chi connectivity index (χ2n) is 8.30. The SMILES string of the molecule is CCSc1cc(C(=O)NCc2c(C)cc(C)[nH]c2=O)c(C)c(N(CC)C2CCOCC2)c1. The molecule has 2 heterocycles. The summed E-state index contributed by atoms with van der Waals surface area (Å²) in [6.07, 6.45) is 1.99. The minimum absolute atomic E-state index is 0.146. The van der Waals surface area contributed by atoms with Crippen molar-refractivity contribution in [1.29, 1.82) is 0 Å². The zero-order valence-electron chi connectivity index (χ0n) is 19.8. The van der Waals surface area contributed by atoms with Crippen molar-refractivity contribution in [1.82, 2.24) is 10.3 Å². The van der Waals surface area contributed by atoms with Crippen LogP contribution in [0.4, 0.5) is 5.69 Å². The molecule has 0 radical (unpaired) electrons. The Morgan fingerprint density at radius 1 is 1.19 bits per heavy atom. The minimum atomic E-state index is -0.148. The highest BCUT2D eigenvalue weighted by Gasteiger charge is 2.24. The minimum Gasteiger partial charge on any atom is -0.381 e. The van der Waals surface area contributed by atoms with Gasteiger partial charge >= 0.3 is 0 Å². The molecular formula is C25H35N3O3S. The number of aromatic nitrogens is 1. The van der Waals surface area contributed by atoms with Gasteiger partial charge < -0.3 is 19.9 Å². The summed E-state index contributed by atoms with van der Waals surface area (Å²) in [5, 5.41) is 2.98. The molecule has 0 unspecified atom stereocenters. The summed E-state index contributed by atoms with van der Waals surface area (Å²) in [7, 11) is 0. The third kappa shape index (κ3) is 5.56. The maximum Gasteiger partial charge on any atom is 0.253 e. The third-order valence-corrected chi connectivity index (χ3v) is 6.97. The number of rotatable bonds is 8. The Kier molecular flexibility index (Phi) is 8.43. The predicted molar refractivity (Wildman–Crippen MR) is 132 cm³/mol. The third-order valence-electron chi connectivity index (χ3n) is 6.11. The summed E-state index contributed by atoms with van der Waals surface area (Å²) in [5.74, 6) is 0.787. The first-order valence-electron chi connectivity index (χ1n) is 11.4. The van der Waals surface area contributed by atoms with Gasteiger partial charge in [-0.15, -0.1) is 11.8 Å². The lowest BCUT2D eigenvalue weighted by Gasteiger charge is -2.37. The number of nitrogens with one attached hydrogen (secondary N) is 2. The van der Waals surface area contributed by atoms with Gasteiger partial charge in [-0.05, 0) is 75.6 Å². The summed E-state index contributed by atoms with van der Waals surface area (Å²) < 4.78 is 5.56. The van der Waals surface area contributed by atoms with Crippen molar-refractivity contribution in [3.8, 4) is 0 Å². The molecule has 1 fully saturated rings. The Balaban J connectivity index is 1.91. The van der Waals surface area contributed by atoms with Gasteiger partial charge in [-0.25, -0.2) is 0 Å². The predicted octanol–water partition coefficient (Wildman–Crippen LogP) is 4.35. The highest BCUT2D eigenvalue weighted by Crippen LogP contribution is 2.33. The number of amides is 1. The molecule has 0 spiro atoms. The maximum absolute atomic E-state index is 13.3. The van der Waals surface area contributed by atoms with Crippen molar-refractivity contribution < 1.29 is 9.53 Å².